The Morgan fingerprint density at radius 2 is 2.08 bits per heavy atom. The van der Waals surface area contributed by atoms with Gasteiger partial charge in [-0.1, -0.05) is 11.6 Å². The summed E-state index contributed by atoms with van der Waals surface area (Å²) in [5, 5.41) is 20.6. The monoisotopic (exact) mass is 507 g/mol. The number of benzene rings is 1. The van der Waals surface area contributed by atoms with Crippen molar-refractivity contribution >= 4 is 40.2 Å². The molecule has 1 amide bonds. The molecule has 0 fully saturated rings. The number of nitrogens with one attached hydrogen (secondary N) is 2. The summed E-state index contributed by atoms with van der Waals surface area (Å²) >= 11 is 6.53. The summed E-state index contributed by atoms with van der Waals surface area (Å²) in [7, 11) is 0. The molecule has 10 nitrogen and oxygen atoms in total. The topological polar surface area (TPSA) is 117 Å². The van der Waals surface area contributed by atoms with Gasteiger partial charge in [0.15, 0.2) is 5.82 Å². The van der Waals surface area contributed by atoms with Crippen LogP contribution in [0.3, 0.4) is 0 Å². The van der Waals surface area contributed by atoms with Crippen LogP contribution in [-0.2, 0) is 11.2 Å². The van der Waals surface area contributed by atoms with Gasteiger partial charge in [-0.15, -0.1) is 0 Å². The van der Waals surface area contributed by atoms with Crippen molar-refractivity contribution < 1.29 is 14.6 Å². The molecule has 36 heavy (non-hydrogen) atoms. The van der Waals surface area contributed by atoms with Crippen molar-refractivity contribution in [1.29, 1.82) is 0 Å². The lowest BCUT2D eigenvalue weighted by Gasteiger charge is -2.23. The van der Waals surface area contributed by atoms with Crippen LogP contribution in [0.2, 0.25) is 5.02 Å². The maximum absolute atomic E-state index is 12.0. The first-order valence-corrected chi connectivity index (χ1v) is 11.9. The molecule has 4 aromatic rings. The molecule has 0 saturated heterocycles. The van der Waals surface area contributed by atoms with E-state index < -0.39 is 11.5 Å². The summed E-state index contributed by atoms with van der Waals surface area (Å²) in [6.07, 6.45) is 5.83. The highest BCUT2D eigenvalue weighted by Crippen LogP contribution is 2.36. The third-order valence-corrected chi connectivity index (χ3v) is 6.14. The summed E-state index contributed by atoms with van der Waals surface area (Å²) in [5.41, 5.74) is 2.12. The van der Waals surface area contributed by atoms with Crippen LogP contribution in [0, 0.1) is 0 Å². The minimum absolute atomic E-state index is 0.388. The molecule has 0 unspecified atom stereocenters. The molecule has 1 aromatic carbocycles. The molecule has 1 aliphatic rings. The van der Waals surface area contributed by atoms with E-state index in [0.717, 1.165) is 35.6 Å². The zero-order valence-corrected chi connectivity index (χ0v) is 20.7. The number of carbonyl (C=O) groups is 1. The van der Waals surface area contributed by atoms with Gasteiger partial charge >= 0.3 is 0 Å². The predicted octanol–water partition coefficient (Wildman–Crippen LogP) is 3.56. The van der Waals surface area contributed by atoms with E-state index in [4.69, 9.17) is 16.3 Å². The molecule has 0 bridgehead atoms. The van der Waals surface area contributed by atoms with Gasteiger partial charge in [0.05, 0.1) is 22.4 Å². The van der Waals surface area contributed by atoms with Gasteiger partial charge in [0.1, 0.15) is 29.1 Å². The van der Waals surface area contributed by atoms with Gasteiger partial charge in [-0.25, -0.2) is 14.5 Å². The molecule has 1 aliphatic heterocycles. The molecule has 0 aliphatic carbocycles. The number of ether oxygens (including phenoxy) is 1. The van der Waals surface area contributed by atoms with Crippen LogP contribution in [-0.4, -0.2) is 55.8 Å². The SMILES string of the molecule is CC(C)(O)C(=O)NCCN1CCc2ncnc(Nc3ccc(Oc4ccc5ccnn5c4)c(Cl)c3)c21. The first-order valence-electron chi connectivity index (χ1n) is 11.6. The predicted molar refractivity (Wildman–Crippen MR) is 137 cm³/mol. The van der Waals surface area contributed by atoms with Gasteiger partial charge in [0, 0.05) is 37.9 Å². The van der Waals surface area contributed by atoms with Gasteiger partial charge < -0.3 is 25.4 Å². The second-order valence-electron chi connectivity index (χ2n) is 9.01. The minimum atomic E-state index is -1.42. The Morgan fingerprint density at radius 3 is 2.89 bits per heavy atom. The molecule has 186 valence electrons. The molecule has 4 heterocycles. The molecular weight excluding hydrogens is 482 g/mol. The number of pyridine rings is 1. The average molecular weight is 508 g/mol. The lowest BCUT2D eigenvalue weighted by Crippen LogP contribution is -2.44. The number of aliphatic hydroxyl groups is 1. The second-order valence-corrected chi connectivity index (χ2v) is 9.41. The first kappa shape index (κ1) is 23.8. The van der Waals surface area contributed by atoms with Gasteiger partial charge in [0.2, 0.25) is 0 Å². The molecule has 0 spiro atoms. The van der Waals surface area contributed by atoms with Crippen molar-refractivity contribution in [1.82, 2.24) is 24.9 Å². The van der Waals surface area contributed by atoms with E-state index in [0.29, 0.717) is 35.4 Å². The number of nitrogens with zero attached hydrogens (tertiary/aromatic N) is 5. The third kappa shape index (κ3) is 5.05. The quantitative estimate of drug-likeness (QED) is 0.331. The van der Waals surface area contributed by atoms with Crippen LogP contribution in [0.1, 0.15) is 19.5 Å². The van der Waals surface area contributed by atoms with Gasteiger partial charge in [0.25, 0.3) is 5.91 Å². The van der Waals surface area contributed by atoms with Crippen LogP contribution in [0.15, 0.2) is 55.1 Å². The van der Waals surface area contributed by atoms with Gasteiger partial charge in [-0.05, 0) is 50.2 Å². The van der Waals surface area contributed by atoms with Crippen LogP contribution < -0.4 is 20.3 Å². The van der Waals surface area contributed by atoms with E-state index >= 15 is 0 Å². The highest BCUT2D eigenvalue weighted by atomic mass is 35.5. The van der Waals surface area contributed by atoms with E-state index in [-0.39, 0.29) is 0 Å². The standard InChI is InChI=1S/C25H26ClN7O3/c1-25(2,35)24(34)27-10-12-32-11-8-20-22(32)23(29-15-28-20)31-16-3-6-21(19(26)13-16)36-18-5-4-17-7-9-30-33(17)14-18/h3-7,9,13-15,35H,8,10-12H2,1-2H3,(H,27,34)(H,28,29,31). The Hall–Kier alpha value is -3.89. The van der Waals surface area contributed by atoms with Gasteiger partial charge in [-0.2, -0.15) is 5.10 Å². The van der Waals surface area contributed by atoms with Crippen molar-refractivity contribution in [2.24, 2.45) is 0 Å². The van der Waals surface area contributed by atoms with Crippen molar-refractivity contribution in [3.8, 4) is 11.5 Å². The summed E-state index contributed by atoms with van der Waals surface area (Å²) in [6, 6.07) is 11.1. The highest BCUT2D eigenvalue weighted by molar-refractivity contribution is 6.32. The fourth-order valence-corrected chi connectivity index (χ4v) is 4.22. The number of amides is 1. The number of carbonyl (C=O) groups excluding carboxylic acids is 1. The Labute approximate surface area is 212 Å². The molecule has 0 atom stereocenters. The van der Waals surface area contributed by atoms with Crippen molar-refractivity contribution in [3.63, 3.8) is 0 Å². The van der Waals surface area contributed by atoms with E-state index in [2.05, 4.69) is 30.6 Å². The van der Waals surface area contributed by atoms with E-state index in [1.54, 1.807) is 29.0 Å². The number of fused-ring (bicyclic) bond motifs is 2. The van der Waals surface area contributed by atoms with E-state index in [1.165, 1.54) is 20.2 Å². The molecule has 3 N–H and O–H groups in total. The molecule has 11 heteroatoms. The number of anilines is 3. The van der Waals surface area contributed by atoms with E-state index in [9.17, 15) is 9.90 Å². The summed E-state index contributed by atoms with van der Waals surface area (Å²) < 4.78 is 7.70. The second kappa shape index (κ2) is 9.63. The highest BCUT2D eigenvalue weighted by Gasteiger charge is 2.26. The summed E-state index contributed by atoms with van der Waals surface area (Å²) in [4.78, 5) is 23.0. The largest absolute Gasteiger partial charge is 0.454 e. The zero-order chi connectivity index (χ0) is 25.3. The van der Waals surface area contributed by atoms with Crippen molar-refractivity contribution in [2.45, 2.75) is 25.9 Å². The Kier molecular flexibility index (Phi) is 6.38. The lowest BCUT2D eigenvalue weighted by atomic mass is 10.1. The number of rotatable bonds is 8. The molecule has 0 radical (unpaired) electrons. The molecule has 3 aromatic heterocycles. The van der Waals surface area contributed by atoms with Crippen LogP contribution in [0.5, 0.6) is 11.5 Å². The molecule has 5 rings (SSSR count). The number of hydrogen-bond donors (Lipinski definition) is 3. The number of hydrogen-bond acceptors (Lipinski definition) is 8. The smallest absolute Gasteiger partial charge is 0.251 e. The van der Waals surface area contributed by atoms with Crippen LogP contribution in [0.4, 0.5) is 17.2 Å². The average Bonchev–Trinajstić information content (AvgIpc) is 3.47. The Bertz CT molecular complexity index is 1420. The maximum Gasteiger partial charge on any atom is 0.251 e. The minimum Gasteiger partial charge on any atom is -0.454 e. The fourth-order valence-electron chi connectivity index (χ4n) is 4.00. The Morgan fingerprint density at radius 1 is 1.22 bits per heavy atom. The van der Waals surface area contributed by atoms with Crippen LogP contribution in [0.25, 0.3) is 5.52 Å². The van der Waals surface area contributed by atoms with Crippen molar-refractivity contribution in [3.05, 3.63) is 65.8 Å². The molecular formula is C25H26ClN7O3. The van der Waals surface area contributed by atoms with Crippen molar-refractivity contribution in [2.75, 3.05) is 29.9 Å². The fraction of sp³-hybridized carbons (Fsp3) is 0.280. The maximum atomic E-state index is 12.0. The number of aromatic nitrogens is 4. The van der Waals surface area contributed by atoms with Gasteiger partial charge in [-0.3, -0.25) is 4.79 Å². The molecule has 0 saturated carbocycles. The third-order valence-electron chi connectivity index (χ3n) is 5.85. The number of halogens is 1. The Balaban J connectivity index is 1.28. The zero-order valence-electron chi connectivity index (χ0n) is 19.9. The van der Waals surface area contributed by atoms with E-state index in [1.807, 2.05) is 24.3 Å². The summed E-state index contributed by atoms with van der Waals surface area (Å²) in [5.74, 6) is 1.38. The van der Waals surface area contributed by atoms with Crippen LogP contribution >= 0.6 is 11.6 Å². The lowest BCUT2D eigenvalue weighted by molar-refractivity contribution is -0.136. The summed E-state index contributed by atoms with van der Waals surface area (Å²) in [6.45, 7) is 4.63. The normalized spacial score (nSPS) is 13.1. The first-order chi connectivity index (χ1) is 17.3.